The number of carbonyl (C=O) groups excluding carboxylic acids is 1. The lowest BCUT2D eigenvalue weighted by molar-refractivity contribution is 0.103. The third-order valence-corrected chi connectivity index (χ3v) is 4.77. The van der Waals surface area contributed by atoms with Gasteiger partial charge in [0.15, 0.2) is 5.78 Å². The highest BCUT2D eigenvalue weighted by atomic mass is 19.1. The number of carboxylic acid groups (broad SMARTS) is 1. The normalized spacial score (nSPS) is 11.9. The number of pyridine rings is 1. The molecule has 3 aromatic rings. The predicted molar refractivity (Wildman–Crippen MR) is 107 cm³/mol. The lowest BCUT2D eigenvalue weighted by Gasteiger charge is -2.17. The molecule has 1 aromatic heterocycles. The van der Waals surface area contributed by atoms with Crippen LogP contribution in [0.3, 0.4) is 0 Å². The molecule has 1 atom stereocenters. The van der Waals surface area contributed by atoms with Gasteiger partial charge in [0.2, 0.25) is 5.88 Å². The van der Waals surface area contributed by atoms with Gasteiger partial charge in [-0.1, -0.05) is 18.2 Å². The molecule has 0 spiro atoms. The number of aromatic nitrogens is 1. The van der Waals surface area contributed by atoms with E-state index >= 15 is 4.39 Å². The Hall–Kier alpha value is -3.48. The molecule has 1 heterocycles. The first-order chi connectivity index (χ1) is 13.8. The summed E-state index contributed by atoms with van der Waals surface area (Å²) in [5, 5.41) is 12.5. The van der Waals surface area contributed by atoms with Gasteiger partial charge in [-0.25, -0.2) is 14.2 Å². The molecule has 0 bridgehead atoms. The Balaban J connectivity index is 2.07. The second kappa shape index (κ2) is 8.26. The van der Waals surface area contributed by atoms with Gasteiger partial charge in [0.1, 0.15) is 5.82 Å². The third kappa shape index (κ3) is 3.89. The van der Waals surface area contributed by atoms with Crippen molar-refractivity contribution in [2.45, 2.75) is 26.8 Å². The summed E-state index contributed by atoms with van der Waals surface area (Å²) < 4.78 is 20.6. The van der Waals surface area contributed by atoms with Crippen LogP contribution in [0.15, 0.2) is 42.6 Å². The van der Waals surface area contributed by atoms with E-state index in [-0.39, 0.29) is 11.1 Å². The number of fused-ring (bicyclic) bond motifs is 1. The van der Waals surface area contributed by atoms with Crippen LogP contribution in [-0.4, -0.2) is 28.6 Å². The molecule has 1 unspecified atom stereocenters. The summed E-state index contributed by atoms with van der Waals surface area (Å²) in [4.78, 5) is 28.2. The minimum Gasteiger partial charge on any atom is -0.478 e. The fourth-order valence-corrected chi connectivity index (χ4v) is 3.38. The molecular formula is C22H21FN2O4. The molecule has 150 valence electrons. The number of ether oxygens (including phenoxy) is 1. The number of benzene rings is 2. The maximum atomic E-state index is 15.1. The van der Waals surface area contributed by atoms with Crippen LogP contribution in [-0.2, 0) is 0 Å². The average molecular weight is 396 g/mol. The van der Waals surface area contributed by atoms with Crippen LogP contribution in [0, 0.1) is 12.7 Å². The molecule has 29 heavy (non-hydrogen) atoms. The largest absolute Gasteiger partial charge is 0.478 e. The molecule has 0 fully saturated rings. The first kappa shape index (κ1) is 20.3. The molecule has 0 saturated heterocycles. The number of ketones is 1. The Bertz CT molecular complexity index is 1100. The predicted octanol–water partition coefficient (Wildman–Crippen LogP) is 4.64. The molecule has 3 rings (SSSR count). The fraction of sp³-hybridized carbons (Fsp3) is 0.227. The van der Waals surface area contributed by atoms with Crippen molar-refractivity contribution in [1.82, 2.24) is 10.3 Å². The fourth-order valence-electron chi connectivity index (χ4n) is 3.38. The summed E-state index contributed by atoms with van der Waals surface area (Å²) in [6.07, 6.45) is 0.348. The highest BCUT2D eigenvalue weighted by molar-refractivity contribution is 6.17. The van der Waals surface area contributed by atoms with E-state index in [1.54, 1.807) is 43.5 Å². The summed E-state index contributed by atoms with van der Waals surface area (Å²) in [7, 11) is 0. The minimum absolute atomic E-state index is 0.0731. The van der Waals surface area contributed by atoms with E-state index in [0.29, 0.717) is 34.4 Å². The molecule has 0 aliphatic carbocycles. The lowest BCUT2D eigenvalue weighted by atomic mass is 9.93. The molecule has 0 aliphatic heterocycles. The first-order valence-corrected chi connectivity index (χ1v) is 9.18. The van der Waals surface area contributed by atoms with E-state index in [0.717, 1.165) is 0 Å². The van der Waals surface area contributed by atoms with Crippen LogP contribution in [0.1, 0.15) is 46.9 Å². The first-order valence-electron chi connectivity index (χ1n) is 9.18. The molecule has 6 nitrogen and oxygen atoms in total. The molecule has 2 N–H and O–H groups in total. The SMILES string of the molecule is CCOc1nccc2c(C(=O)c3ccc(C(C)NC(=O)O)c(C)c3F)cccc12. The lowest BCUT2D eigenvalue weighted by Crippen LogP contribution is -2.25. The Morgan fingerprint density at radius 2 is 1.93 bits per heavy atom. The highest BCUT2D eigenvalue weighted by Crippen LogP contribution is 2.29. The summed E-state index contributed by atoms with van der Waals surface area (Å²) in [5.41, 5.74) is 0.973. The summed E-state index contributed by atoms with van der Waals surface area (Å²) in [6, 6.07) is 9.20. The Labute approximate surface area is 167 Å². The highest BCUT2D eigenvalue weighted by Gasteiger charge is 2.22. The average Bonchev–Trinajstić information content (AvgIpc) is 2.69. The zero-order valence-electron chi connectivity index (χ0n) is 16.3. The van der Waals surface area contributed by atoms with Gasteiger partial charge in [0.05, 0.1) is 18.2 Å². The van der Waals surface area contributed by atoms with Crippen molar-refractivity contribution in [3.05, 3.63) is 70.7 Å². The maximum Gasteiger partial charge on any atom is 0.405 e. The van der Waals surface area contributed by atoms with Crippen molar-refractivity contribution in [2.75, 3.05) is 6.61 Å². The van der Waals surface area contributed by atoms with Crippen LogP contribution in [0.25, 0.3) is 10.8 Å². The molecule has 0 aliphatic rings. The zero-order chi connectivity index (χ0) is 21.1. The van der Waals surface area contributed by atoms with Crippen LogP contribution in [0.2, 0.25) is 0 Å². The molecule has 0 saturated carbocycles. The van der Waals surface area contributed by atoms with Crippen LogP contribution in [0.4, 0.5) is 9.18 Å². The number of halogens is 1. The van der Waals surface area contributed by atoms with Crippen molar-refractivity contribution in [1.29, 1.82) is 0 Å². The second-order valence-corrected chi connectivity index (χ2v) is 6.59. The van der Waals surface area contributed by atoms with E-state index in [1.165, 1.54) is 13.0 Å². The van der Waals surface area contributed by atoms with Crippen LogP contribution < -0.4 is 10.1 Å². The van der Waals surface area contributed by atoms with E-state index in [9.17, 15) is 9.59 Å². The van der Waals surface area contributed by atoms with Crippen molar-refractivity contribution in [3.63, 3.8) is 0 Å². The zero-order valence-corrected chi connectivity index (χ0v) is 16.3. The van der Waals surface area contributed by atoms with E-state index in [4.69, 9.17) is 9.84 Å². The molecule has 2 aromatic carbocycles. The van der Waals surface area contributed by atoms with Gasteiger partial charge in [-0.05, 0) is 55.5 Å². The number of nitrogens with one attached hydrogen (secondary N) is 1. The Kier molecular flexibility index (Phi) is 5.77. The smallest absolute Gasteiger partial charge is 0.405 e. The summed E-state index contributed by atoms with van der Waals surface area (Å²) in [5.74, 6) is -0.710. The number of rotatable bonds is 6. The maximum absolute atomic E-state index is 15.1. The standard InChI is InChI=1S/C22H21FN2O4/c1-4-29-21-17-7-5-6-16(15(17)10-11-24-21)20(26)18-9-8-14(12(2)19(18)23)13(3)25-22(27)28/h5-11,13,25H,4H2,1-3H3,(H,27,28). The van der Waals surface area contributed by atoms with E-state index in [2.05, 4.69) is 10.3 Å². The van der Waals surface area contributed by atoms with Gasteiger partial charge >= 0.3 is 6.09 Å². The van der Waals surface area contributed by atoms with Gasteiger partial charge in [0.25, 0.3) is 0 Å². The number of amides is 1. The van der Waals surface area contributed by atoms with Gasteiger partial charge in [0, 0.05) is 17.1 Å². The topological polar surface area (TPSA) is 88.5 Å². The molecule has 1 amide bonds. The van der Waals surface area contributed by atoms with Crippen molar-refractivity contribution in [3.8, 4) is 5.88 Å². The summed E-state index contributed by atoms with van der Waals surface area (Å²) in [6.45, 7) is 5.42. The van der Waals surface area contributed by atoms with Crippen molar-refractivity contribution >= 4 is 22.6 Å². The third-order valence-electron chi connectivity index (χ3n) is 4.77. The van der Waals surface area contributed by atoms with Gasteiger partial charge in [-0.15, -0.1) is 0 Å². The van der Waals surface area contributed by atoms with Crippen LogP contribution in [0.5, 0.6) is 5.88 Å². The van der Waals surface area contributed by atoms with Gasteiger partial charge < -0.3 is 15.2 Å². The van der Waals surface area contributed by atoms with Crippen LogP contribution >= 0.6 is 0 Å². The minimum atomic E-state index is -1.20. The molecular weight excluding hydrogens is 375 g/mol. The number of nitrogens with zero attached hydrogens (tertiary/aromatic N) is 1. The second-order valence-electron chi connectivity index (χ2n) is 6.59. The monoisotopic (exact) mass is 396 g/mol. The molecule has 7 heteroatoms. The van der Waals surface area contributed by atoms with Crippen molar-refractivity contribution < 1.29 is 23.8 Å². The Morgan fingerprint density at radius 3 is 2.62 bits per heavy atom. The van der Waals surface area contributed by atoms with E-state index in [1.807, 2.05) is 6.92 Å². The van der Waals surface area contributed by atoms with Gasteiger partial charge in [-0.2, -0.15) is 0 Å². The van der Waals surface area contributed by atoms with E-state index < -0.39 is 23.7 Å². The Morgan fingerprint density at radius 1 is 1.17 bits per heavy atom. The van der Waals surface area contributed by atoms with Crippen molar-refractivity contribution in [2.24, 2.45) is 0 Å². The van der Waals surface area contributed by atoms with Gasteiger partial charge in [-0.3, -0.25) is 4.79 Å². The number of hydrogen-bond donors (Lipinski definition) is 2. The summed E-state index contributed by atoms with van der Waals surface area (Å²) >= 11 is 0. The quantitative estimate of drug-likeness (QED) is 0.593. The molecule has 0 radical (unpaired) electrons. The number of hydrogen-bond acceptors (Lipinski definition) is 4. The number of carbonyl (C=O) groups is 2.